The monoisotopic (exact) mass is 293 g/mol. The molecule has 0 spiro atoms. The van der Waals surface area contributed by atoms with Gasteiger partial charge in [0.05, 0.1) is 0 Å². The van der Waals surface area contributed by atoms with Crippen LogP contribution in [0.1, 0.15) is 51.0 Å². The minimum Gasteiger partial charge on any atom is -0.326 e. The number of hydrogen-bond donors (Lipinski definition) is 1. The van der Waals surface area contributed by atoms with Crippen LogP contribution in [-0.4, -0.2) is 11.8 Å². The molecule has 0 saturated heterocycles. The first-order chi connectivity index (χ1) is 9.70. The minimum absolute atomic E-state index is 0.133. The summed E-state index contributed by atoms with van der Waals surface area (Å²) in [4.78, 5) is 12.6. The Bertz CT molecular complexity index is 452. The number of hydrogen-bond acceptors (Lipinski definition) is 1. The molecule has 1 aliphatic rings. The maximum Gasteiger partial charge on any atom is 0.230 e. The zero-order chi connectivity index (χ0) is 14.4. The third kappa shape index (κ3) is 3.54. The highest BCUT2D eigenvalue weighted by molar-refractivity contribution is 6.17. The number of amides is 1. The van der Waals surface area contributed by atoms with Crippen LogP contribution in [0.3, 0.4) is 0 Å². The molecule has 1 aromatic carbocycles. The van der Waals surface area contributed by atoms with Crippen LogP contribution in [0, 0.1) is 5.41 Å². The molecule has 0 bridgehead atoms. The van der Waals surface area contributed by atoms with Gasteiger partial charge in [0, 0.05) is 17.0 Å². The third-order valence-corrected chi connectivity index (χ3v) is 4.77. The van der Waals surface area contributed by atoms with Gasteiger partial charge < -0.3 is 5.32 Å². The molecule has 0 atom stereocenters. The maximum absolute atomic E-state index is 12.6. The summed E-state index contributed by atoms with van der Waals surface area (Å²) >= 11 is 5.73. The topological polar surface area (TPSA) is 29.1 Å². The van der Waals surface area contributed by atoms with Crippen LogP contribution >= 0.6 is 11.6 Å². The SMILES string of the molecule is CCC1(C(=O)Nc2cccc(CCCCl)c2)CCCC1. The van der Waals surface area contributed by atoms with Crippen molar-refractivity contribution in [2.45, 2.75) is 51.9 Å². The lowest BCUT2D eigenvalue weighted by atomic mass is 9.82. The molecule has 1 fully saturated rings. The molecule has 0 unspecified atom stereocenters. The molecule has 1 aromatic rings. The highest BCUT2D eigenvalue weighted by Crippen LogP contribution is 2.41. The highest BCUT2D eigenvalue weighted by atomic mass is 35.5. The van der Waals surface area contributed by atoms with Crippen LogP contribution in [0.25, 0.3) is 0 Å². The summed E-state index contributed by atoms with van der Waals surface area (Å²) in [6, 6.07) is 8.14. The number of carbonyl (C=O) groups excluding carboxylic acids is 1. The lowest BCUT2D eigenvalue weighted by Crippen LogP contribution is -2.33. The average molecular weight is 294 g/mol. The number of halogens is 1. The summed E-state index contributed by atoms with van der Waals surface area (Å²) in [6.45, 7) is 2.13. The Balaban J connectivity index is 2.03. The van der Waals surface area contributed by atoms with Crippen molar-refractivity contribution < 1.29 is 4.79 Å². The van der Waals surface area contributed by atoms with Crippen LogP contribution in [-0.2, 0) is 11.2 Å². The van der Waals surface area contributed by atoms with Gasteiger partial charge in [-0.25, -0.2) is 0 Å². The lowest BCUT2D eigenvalue weighted by Gasteiger charge is -2.26. The molecule has 3 heteroatoms. The van der Waals surface area contributed by atoms with Crippen molar-refractivity contribution in [3.8, 4) is 0 Å². The molecule has 0 radical (unpaired) electrons. The van der Waals surface area contributed by atoms with Crippen molar-refractivity contribution >= 4 is 23.2 Å². The van der Waals surface area contributed by atoms with Crippen LogP contribution in [0.2, 0.25) is 0 Å². The molecule has 0 aromatic heterocycles. The summed E-state index contributed by atoms with van der Waals surface area (Å²) in [5.74, 6) is 0.877. The van der Waals surface area contributed by atoms with Gasteiger partial charge in [-0.2, -0.15) is 0 Å². The fraction of sp³-hybridized carbons (Fsp3) is 0.588. The Morgan fingerprint density at radius 3 is 2.75 bits per heavy atom. The Morgan fingerprint density at radius 1 is 1.35 bits per heavy atom. The molecule has 1 saturated carbocycles. The molecular formula is C17H24ClNO. The molecule has 1 amide bonds. The normalized spacial score (nSPS) is 17.1. The second kappa shape index (κ2) is 7.12. The van der Waals surface area contributed by atoms with E-state index in [4.69, 9.17) is 11.6 Å². The van der Waals surface area contributed by atoms with E-state index in [1.54, 1.807) is 0 Å². The van der Waals surface area contributed by atoms with Crippen LogP contribution < -0.4 is 5.32 Å². The van der Waals surface area contributed by atoms with Gasteiger partial charge in [0.2, 0.25) is 5.91 Å². The van der Waals surface area contributed by atoms with Gasteiger partial charge in [-0.3, -0.25) is 4.79 Å². The predicted molar refractivity (Wildman–Crippen MR) is 85.3 cm³/mol. The minimum atomic E-state index is -0.133. The van der Waals surface area contributed by atoms with Crippen molar-refractivity contribution in [3.63, 3.8) is 0 Å². The number of alkyl halides is 1. The van der Waals surface area contributed by atoms with E-state index in [0.717, 1.165) is 37.8 Å². The van der Waals surface area contributed by atoms with Crippen molar-refractivity contribution in [1.82, 2.24) is 0 Å². The fourth-order valence-electron chi connectivity index (χ4n) is 3.13. The lowest BCUT2D eigenvalue weighted by molar-refractivity contribution is -0.125. The van der Waals surface area contributed by atoms with Gasteiger partial charge >= 0.3 is 0 Å². The van der Waals surface area contributed by atoms with E-state index in [2.05, 4.69) is 24.4 Å². The van der Waals surface area contributed by atoms with Gasteiger partial charge in [-0.1, -0.05) is 31.9 Å². The largest absolute Gasteiger partial charge is 0.326 e. The van der Waals surface area contributed by atoms with E-state index in [1.807, 2.05) is 12.1 Å². The number of carbonyl (C=O) groups is 1. The predicted octanol–water partition coefficient (Wildman–Crippen LogP) is 4.77. The molecule has 1 N–H and O–H groups in total. The summed E-state index contributed by atoms with van der Waals surface area (Å²) in [5, 5.41) is 3.12. The quantitative estimate of drug-likeness (QED) is 0.752. The number of benzene rings is 1. The van der Waals surface area contributed by atoms with Gasteiger partial charge in [-0.15, -0.1) is 11.6 Å². The molecule has 1 aliphatic carbocycles. The molecule has 110 valence electrons. The highest BCUT2D eigenvalue weighted by Gasteiger charge is 2.39. The maximum atomic E-state index is 12.6. The summed E-state index contributed by atoms with van der Waals surface area (Å²) in [5.41, 5.74) is 2.02. The Labute approximate surface area is 126 Å². The van der Waals surface area contributed by atoms with Crippen molar-refractivity contribution in [2.24, 2.45) is 5.41 Å². The van der Waals surface area contributed by atoms with E-state index >= 15 is 0 Å². The van der Waals surface area contributed by atoms with E-state index in [-0.39, 0.29) is 11.3 Å². The van der Waals surface area contributed by atoms with Crippen LogP contribution in [0.5, 0.6) is 0 Å². The summed E-state index contributed by atoms with van der Waals surface area (Å²) < 4.78 is 0. The van der Waals surface area contributed by atoms with Gasteiger partial charge in [0.1, 0.15) is 0 Å². The Hall–Kier alpha value is -1.02. The van der Waals surface area contributed by atoms with Gasteiger partial charge in [0.15, 0.2) is 0 Å². The van der Waals surface area contributed by atoms with E-state index < -0.39 is 0 Å². The molecule has 20 heavy (non-hydrogen) atoms. The smallest absolute Gasteiger partial charge is 0.230 e. The number of rotatable bonds is 6. The van der Waals surface area contributed by atoms with Crippen molar-refractivity contribution in [3.05, 3.63) is 29.8 Å². The standard InChI is InChI=1S/C17H24ClNO/c1-2-17(10-3-4-11-17)16(20)19-15-9-5-7-14(13-15)8-6-12-18/h5,7,9,13H,2-4,6,8,10-12H2,1H3,(H,19,20). The third-order valence-electron chi connectivity index (χ3n) is 4.50. The van der Waals surface area contributed by atoms with Crippen LogP contribution in [0.15, 0.2) is 24.3 Å². The average Bonchev–Trinajstić information content (AvgIpc) is 2.95. The van der Waals surface area contributed by atoms with Crippen LogP contribution in [0.4, 0.5) is 5.69 Å². The summed E-state index contributed by atoms with van der Waals surface area (Å²) in [6.07, 6.45) is 7.28. The first-order valence-electron chi connectivity index (χ1n) is 7.66. The number of anilines is 1. The zero-order valence-electron chi connectivity index (χ0n) is 12.3. The number of nitrogens with one attached hydrogen (secondary N) is 1. The van der Waals surface area contributed by atoms with E-state index in [0.29, 0.717) is 5.88 Å². The first kappa shape index (κ1) is 15.4. The molecular weight excluding hydrogens is 270 g/mol. The molecule has 0 heterocycles. The van der Waals surface area contributed by atoms with Gasteiger partial charge in [0.25, 0.3) is 0 Å². The van der Waals surface area contributed by atoms with Gasteiger partial charge in [-0.05, 0) is 49.8 Å². The molecule has 2 nitrogen and oxygen atoms in total. The molecule has 0 aliphatic heterocycles. The molecule has 2 rings (SSSR count). The van der Waals surface area contributed by atoms with Crippen molar-refractivity contribution in [1.29, 1.82) is 0 Å². The van der Waals surface area contributed by atoms with Crippen molar-refractivity contribution in [2.75, 3.05) is 11.2 Å². The van der Waals surface area contributed by atoms with E-state index in [9.17, 15) is 4.79 Å². The summed E-state index contributed by atoms with van der Waals surface area (Å²) in [7, 11) is 0. The first-order valence-corrected chi connectivity index (χ1v) is 8.20. The van der Waals surface area contributed by atoms with E-state index in [1.165, 1.54) is 18.4 Å². The number of aryl methyl sites for hydroxylation is 1. The Morgan fingerprint density at radius 2 is 2.10 bits per heavy atom. The Kier molecular flexibility index (Phi) is 5.47. The zero-order valence-corrected chi connectivity index (χ0v) is 13.0. The second-order valence-electron chi connectivity index (χ2n) is 5.79. The second-order valence-corrected chi connectivity index (χ2v) is 6.17. The fourth-order valence-corrected chi connectivity index (χ4v) is 3.27.